The molecule has 2 heteroatoms. The number of benzene rings is 1. The minimum absolute atomic E-state index is 0.0162. The number of carbonyl (C=O) groups is 1. The van der Waals surface area contributed by atoms with Gasteiger partial charge in [-0.3, -0.25) is 0 Å². The predicted octanol–water partition coefficient (Wildman–Crippen LogP) is 3.71. The van der Waals surface area contributed by atoms with E-state index in [4.69, 9.17) is 0 Å². The van der Waals surface area contributed by atoms with Gasteiger partial charge in [-0.05, 0) is 0 Å². The summed E-state index contributed by atoms with van der Waals surface area (Å²) in [6, 6.07) is 10.2. The van der Waals surface area contributed by atoms with Crippen molar-refractivity contribution >= 4 is 24.1 Å². The standard InChI is InChI=1S/C18H24OSe/c1-14-8-7-13-18(2,3)16(14)11-12-17(19)20-15-9-5-4-6-10-15/h4-6,8-10,16H,7,11-13H2,1-3H3. The molecule has 1 unspecified atom stereocenters. The molecule has 2 rings (SSSR count). The van der Waals surface area contributed by atoms with Gasteiger partial charge in [-0.25, -0.2) is 0 Å². The summed E-state index contributed by atoms with van der Waals surface area (Å²) in [5.74, 6) is 0.576. The van der Waals surface area contributed by atoms with Crippen LogP contribution in [0.15, 0.2) is 42.0 Å². The average Bonchev–Trinajstić information content (AvgIpc) is 2.38. The van der Waals surface area contributed by atoms with Crippen LogP contribution in [0.3, 0.4) is 0 Å². The Hall–Kier alpha value is -0.851. The third kappa shape index (κ3) is 4.07. The van der Waals surface area contributed by atoms with Crippen LogP contribution in [-0.2, 0) is 4.79 Å². The van der Waals surface area contributed by atoms with E-state index in [0.717, 1.165) is 12.8 Å². The zero-order valence-corrected chi connectivity index (χ0v) is 14.4. The van der Waals surface area contributed by atoms with E-state index in [1.165, 1.54) is 22.9 Å². The molecule has 0 heterocycles. The summed E-state index contributed by atoms with van der Waals surface area (Å²) in [6.07, 6.45) is 6.55. The van der Waals surface area contributed by atoms with Crippen molar-refractivity contribution in [1.29, 1.82) is 0 Å². The Bertz CT molecular complexity index is 487. The molecule has 0 fully saturated rings. The zero-order chi connectivity index (χ0) is 14.6. The Kier molecular flexibility index (Phi) is 5.23. The molecule has 0 spiro atoms. The van der Waals surface area contributed by atoms with E-state index >= 15 is 0 Å². The zero-order valence-electron chi connectivity index (χ0n) is 12.7. The fourth-order valence-corrected chi connectivity index (χ4v) is 4.78. The molecule has 1 nitrogen and oxygen atoms in total. The normalized spacial score (nSPS) is 21.4. The molecule has 0 bridgehead atoms. The quantitative estimate of drug-likeness (QED) is 0.592. The van der Waals surface area contributed by atoms with Gasteiger partial charge in [-0.1, -0.05) is 0 Å². The average molecular weight is 335 g/mol. The van der Waals surface area contributed by atoms with E-state index in [0.29, 0.717) is 16.0 Å². The van der Waals surface area contributed by atoms with Crippen molar-refractivity contribution in [2.45, 2.75) is 46.5 Å². The van der Waals surface area contributed by atoms with Gasteiger partial charge >= 0.3 is 129 Å². The van der Waals surface area contributed by atoms with Crippen LogP contribution in [0.2, 0.25) is 0 Å². The molecule has 1 aromatic rings. The number of hydrogen-bond acceptors (Lipinski definition) is 1. The Morgan fingerprint density at radius 3 is 2.65 bits per heavy atom. The topological polar surface area (TPSA) is 17.1 Å². The van der Waals surface area contributed by atoms with Crippen LogP contribution in [0, 0.1) is 11.3 Å². The van der Waals surface area contributed by atoms with Gasteiger partial charge in [0, 0.05) is 0 Å². The number of hydrogen-bond donors (Lipinski definition) is 0. The summed E-state index contributed by atoms with van der Waals surface area (Å²) < 4.78 is 1.62. The molecule has 108 valence electrons. The first-order valence-electron chi connectivity index (χ1n) is 7.41. The van der Waals surface area contributed by atoms with Gasteiger partial charge in [0.2, 0.25) is 0 Å². The van der Waals surface area contributed by atoms with Crippen molar-refractivity contribution in [1.82, 2.24) is 0 Å². The Morgan fingerprint density at radius 1 is 1.30 bits per heavy atom. The summed E-state index contributed by atoms with van der Waals surface area (Å²) >= 11 is -0.0162. The van der Waals surface area contributed by atoms with Crippen molar-refractivity contribution in [3.63, 3.8) is 0 Å². The van der Waals surface area contributed by atoms with E-state index in [-0.39, 0.29) is 15.0 Å². The van der Waals surface area contributed by atoms with Gasteiger partial charge in [0.05, 0.1) is 0 Å². The van der Waals surface area contributed by atoms with Gasteiger partial charge in [-0.15, -0.1) is 0 Å². The molecule has 0 radical (unpaired) electrons. The number of carbonyl (C=O) groups excluding carboxylic acids is 1. The van der Waals surface area contributed by atoms with E-state index in [1.807, 2.05) is 18.2 Å². The maximum atomic E-state index is 12.2. The Labute approximate surface area is 129 Å². The molecule has 0 amide bonds. The summed E-state index contributed by atoms with van der Waals surface area (Å²) in [5, 5.41) is 0. The van der Waals surface area contributed by atoms with Crippen LogP contribution in [0.4, 0.5) is 0 Å². The van der Waals surface area contributed by atoms with E-state index in [9.17, 15) is 4.79 Å². The van der Waals surface area contributed by atoms with Gasteiger partial charge in [0.15, 0.2) is 0 Å². The van der Waals surface area contributed by atoms with Crippen LogP contribution < -0.4 is 4.46 Å². The van der Waals surface area contributed by atoms with Crippen molar-refractivity contribution < 1.29 is 4.79 Å². The monoisotopic (exact) mass is 336 g/mol. The SMILES string of the molecule is CC1=CCCC(C)(C)C1CCC(=O)[Se]c1ccccc1. The first kappa shape index (κ1) is 15.5. The fourth-order valence-electron chi connectivity index (χ4n) is 3.16. The Morgan fingerprint density at radius 2 is 2.00 bits per heavy atom. The van der Waals surface area contributed by atoms with E-state index in [1.54, 1.807) is 0 Å². The first-order chi connectivity index (χ1) is 9.49. The van der Waals surface area contributed by atoms with Crippen LogP contribution >= 0.6 is 0 Å². The fraction of sp³-hybridized carbons (Fsp3) is 0.500. The summed E-state index contributed by atoms with van der Waals surface area (Å²) in [4.78, 5) is 12.2. The van der Waals surface area contributed by atoms with Crippen LogP contribution in [0.5, 0.6) is 0 Å². The van der Waals surface area contributed by atoms with Gasteiger partial charge in [-0.2, -0.15) is 0 Å². The molecule has 0 saturated carbocycles. The van der Waals surface area contributed by atoms with Crippen molar-refractivity contribution in [3.05, 3.63) is 42.0 Å². The van der Waals surface area contributed by atoms with Crippen LogP contribution in [0.1, 0.15) is 46.5 Å². The number of allylic oxidation sites excluding steroid dienone is 2. The van der Waals surface area contributed by atoms with E-state index < -0.39 is 0 Å². The van der Waals surface area contributed by atoms with Crippen molar-refractivity contribution in [2.24, 2.45) is 11.3 Å². The summed E-state index contributed by atoms with van der Waals surface area (Å²) in [7, 11) is 0. The second kappa shape index (κ2) is 6.74. The van der Waals surface area contributed by atoms with Crippen LogP contribution in [-0.4, -0.2) is 19.6 Å². The molecule has 0 aromatic heterocycles. The molecule has 1 aliphatic carbocycles. The Balaban J connectivity index is 1.90. The van der Waals surface area contributed by atoms with Gasteiger partial charge in [0.1, 0.15) is 0 Å². The predicted molar refractivity (Wildman–Crippen MR) is 86.3 cm³/mol. The molecule has 0 aliphatic heterocycles. The third-order valence-electron chi connectivity index (χ3n) is 4.36. The van der Waals surface area contributed by atoms with Crippen molar-refractivity contribution in [3.8, 4) is 0 Å². The molecular weight excluding hydrogens is 311 g/mol. The van der Waals surface area contributed by atoms with Crippen molar-refractivity contribution in [2.75, 3.05) is 0 Å². The second-order valence-corrected chi connectivity index (χ2v) is 8.73. The second-order valence-electron chi connectivity index (χ2n) is 6.35. The van der Waals surface area contributed by atoms with Crippen LogP contribution in [0.25, 0.3) is 0 Å². The maximum absolute atomic E-state index is 12.2. The molecular formula is C18H24OSe. The molecule has 0 N–H and O–H groups in total. The molecule has 1 atom stereocenters. The number of rotatable bonds is 5. The summed E-state index contributed by atoms with van der Waals surface area (Å²) in [6.45, 7) is 6.93. The molecule has 1 aliphatic rings. The molecule has 0 saturated heterocycles. The third-order valence-corrected chi connectivity index (χ3v) is 6.33. The molecule has 20 heavy (non-hydrogen) atoms. The molecule has 1 aromatic carbocycles. The summed E-state index contributed by atoms with van der Waals surface area (Å²) in [5.41, 5.74) is 1.83. The van der Waals surface area contributed by atoms with Gasteiger partial charge in [0.25, 0.3) is 0 Å². The van der Waals surface area contributed by atoms with Gasteiger partial charge < -0.3 is 0 Å². The van der Waals surface area contributed by atoms with E-state index in [2.05, 4.69) is 39.0 Å². The first-order valence-corrected chi connectivity index (χ1v) is 9.13. The minimum atomic E-state index is -0.0162.